The molecular weight excluding hydrogens is 366 g/mol. The van der Waals surface area contributed by atoms with Gasteiger partial charge in [0.05, 0.1) is 23.4 Å². The Labute approximate surface area is 159 Å². The van der Waals surface area contributed by atoms with Crippen molar-refractivity contribution in [2.75, 3.05) is 56.7 Å². The van der Waals surface area contributed by atoms with Crippen LogP contribution < -0.4 is 14.5 Å². The number of hydrogen-bond donors (Lipinski definition) is 0. The van der Waals surface area contributed by atoms with Crippen LogP contribution >= 0.6 is 0 Å². The largest absolute Gasteiger partial charge is 0.493 e. The predicted molar refractivity (Wildman–Crippen MR) is 103 cm³/mol. The zero-order chi connectivity index (χ0) is 19.0. The molecule has 2 aliphatic heterocycles. The van der Waals surface area contributed by atoms with Gasteiger partial charge >= 0.3 is 0 Å². The Balaban J connectivity index is 1.48. The van der Waals surface area contributed by atoms with Gasteiger partial charge in [0.2, 0.25) is 10.0 Å². The van der Waals surface area contributed by atoms with E-state index >= 15 is 0 Å². The molecular formula is C18H23N5O3S. The number of fused-ring (bicyclic) bond motifs is 1. The number of nitrogens with zero attached hydrogens (tertiary/aromatic N) is 5. The molecule has 3 heterocycles. The Kier molecular flexibility index (Phi) is 4.65. The van der Waals surface area contributed by atoms with Gasteiger partial charge < -0.3 is 14.5 Å². The SMILES string of the molecule is CN(C)c1cnnc(N2CCN(S(=O)(=O)c3ccc4c(c3)CCO4)CC2)c1. The summed E-state index contributed by atoms with van der Waals surface area (Å²) in [6.07, 6.45) is 2.47. The number of sulfonamides is 1. The van der Waals surface area contributed by atoms with Crippen LogP contribution in [0.4, 0.5) is 11.5 Å². The molecule has 1 aromatic carbocycles. The van der Waals surface area contributed by atoms with Crippen LogP contribution in [0.2, 0.25) is 0 Å². The van der Waals surface area contributed by atoms with Crippen LogP contribution in [0, 0.1) is 0 Å². The first-order valence-electron chi connectivity index (χ1n) is 8.96. The van der Waals surface area contributed by atoms with Gasteiger partial charge in [0.1, 0.15) is 5.75 Å². The molecule has 0 aliphatic carbocycles. The summed E-state index contributed by atoms with van der Waals surface area (Å²) in [7, 11) is 0.399. The molecule has 27 heavy (non-hydrogen) atoms. The summed E-state index contributed by atoms with van der Waals surface area (Å²) in [5, 5.41) is 8.25. The summed E-state index contributed by atoms with van der Waals surface area (Å²) in [6, 6.07) is 7.11. The fourth-order valence-corrected chi connectivity index (χ4v) is 4.85. The highest BCUT2D eigenvalue weighted by molar-refractivity contribution is 7.89. The number of ether oxygens (including phenoxy) is 1. The summed E-state index contributed by atoms with van der Waals surface area (Å²) in [6.45, 7) is 2.62. The maximum atomic E-state index is 13.0. The monoisotopic (exact) mass is 389 g/mol. The average molecular weight is 389 g/mol. The van der Waals surface area contributed by atoms with Crippen molar-refractivity contribution in [3.63, 3.8) is 0 Å². The molecule has 0 radical (unpaired) electrons. The highest BCUT2D eigenvalue weighted by Crippen LogP contribution is 2.29. The highest BCUT2D eigenvalue weighted by atomic mass is 32.2. The molecule has 0 saturated carbocycles. The van der Waals surface area contributed by atoms with Gasteiger partial charge in [-0.1, -0.05) is 0 Å². The maximum absolute atomic E-state index is 13.0. The van der Waals surface area contributed by atoms with Crippen molar-refractivity contribution in [2.45, 2.75) is 11.3 Å². The minimum atomic E-state index is -3.50. The molecule has 0 N–H and O–H groups in total. The van der Waals surface area contributed by atoms with Gasteiger partial charge in [0.25, 0.3) is 0 Å². The fourth-order valence-electron chi connectivity index (χ4n) is 3.37. The van der Waals surface area contributed by atoms with E-state index in [0.29, 0.717) is 37.7 Å². The van der Waals surface area contributed by atoms with Crippen LogP contribution in [0.1, 0.15) is 5.56 Å². The summed E-state index contributed by atoms with van der Waals surface area (Å²) in [5.41, 5.74) is 1.93. The molecule has 9 heteroatoms. The number of piperazine rings is 1. The second-order valence-electron chi connectivity index (χ2n) is 6.93. The second-order valence-corrected chi connectivity index (χ2v) is 8.86. The van der Waals surface area contributed by atoms with Crippen molar-refractivity contribution in [3.8, 4) is 5.75 Å². The smallest absolute Gasteiger partial charge is 0.243 e. The van der Waals surface area contributed by atoms with Crippen LogP contribution in [0.3, 0.4) is 0 Å². The van der Waals surface area contributed by atoms with Crippen molar-refractivity contribution >= 4 is 21.5 Å². The first kappa shape index (κ1) is 18.0. The Morgan fingerprint density at radius 3 is 2.63 bits per heavy atom. The van der Waals surface area contributed by atoms with E-state index in [1.807, 2.05) is 25.1 Å². The van der Waals surface area contributed by atoms with Gasteiger partial charge in [-0.2, -0.15) is 9.40 Å². The first-order chi connectivity index (χ1) is 12.9. The number of benzene rings is 1. The van der Waals surface area contributed by atoms with E-state index in [-0.39, 0.29) is 0 Å². The van der Waals surface area contributed by atoms with Crippen LogP contribution in [-0.4, -0.2) is 69.8 Å². The molecule has 0 amide bonds. The third-order valence-electron chi connectivity index (χ3n) is 5.00. The average Bonchev–Trinajstić information content (AvgIpc) is 3.16. The highest BCUT2D eigenvalue weighted by Gasteiger charge is 2.30. The molecule has 0 atom stereocenters. The van der Waals surface area contributed by atoms with Crippen molar-refractivity contribution in [3.05, 3.63) is 36.0 Å². The third-order valence-corrected chi connectivity index (χ3v) is 6.90. The molecule has 0 spiro atoms. The summed E-state index contributed by atoms with van der Waals surface area (Å²) >= 11 is 0. The lowest BCUT2D eigenvalue weighted by Crippen LogP contribution is -2.49. The van der Waals surface area contributed by atoms with Gasteiger partial charge in [-0.25, -0.2) is 8.42 Å². The first-order valence-corrected chi connectivity index (χ1v) is 10.4. The van der Waals surface area contributed by atoms with Gasteiger partial charge in [-0.05, 0) is 23.8 Å². The lowest BCUT2D eigenvalue weighted by Gasteiger charge is -2.34. The number of rotatable bonds is 4. The molecule has 2 aliphatic rings. The lowest BCUT2D eigenvalue weighted by atomic mass is 10.2. The molecule has 8 nitrogen and oxygen atoms in total. The molecule has 1 saturated heterocycles. The fraction of sp³-hybridized carbons (Fsp3) is 0.444. The lowest BCUT2D eigenvalue weighted by molar-refractivity contribution is 0.356. The molecule has 144 valence electrons. The predicted octanol–water partition coefficient (Wildman–Crippen LogP) is 0.988. The van der Waals surface area contributed by atoms with Crippen molar-refractivity contribution in [1.29, 1.82) is 0 Å². The Morgan fingerprint density at radius 2 is 1.89 bits per heavy atom. The van der Waals surface area contributed by atoms with E-state index < -0.39 is 10.0 Å². The number of hydrogen-bond acceptors (Lipinski definition) is 7. The normalized spacial score (nSPS) is 17.5. The molecule has 0 unspecified atom stereocenters. The topological polar surface area (TPSA) is 78.9 Å². The molecule has 0 bridgehead atoms. The Morgan fingerprint density at radius 1 is 1.11 bits per heavy atom. The van der Waals surface area contributed by atoms with Gasteiger partial charge in [0.15, 0.2) is 5.82 Å². The molecule has 1 fully saturated rings. The summed E-state index contributed by atoms with van der Waals surface area (Å²) in [5.74, 6) is 1.56. The van der Waals surface area contributed by atoms with Gasteiger partial charge in [0, 0.05) is 52.8 Å². The minimum absolute atomic E-state index is 0.342. The molecule has 4 rings (SSSR count). The van der Waals surface area contributed by atoms with Crippen LogP contribution in [0.15, 0.2) is 35.4 Å². The molecule has 2 aromatic rings. The number of aromatic nitrogens is 2. The second kappa shape index (κ2) is 6.97. The van der Waals surface area contributed by atoms with Crippen molar-refractivity contribution in [2.24, 2.45) is 0 Å². The van der Waals surface area contributed by atoms with Crippen LogP contribution in [0.25, 0.3) is 0 Å². The summed E-state index contributed by atoms with van der Waals surface area (Å²) in [4.78, 5) is 4.38. The van der Waals surface area contributed by atoms with E-state index in [9.17, 15) is 8.42 Å². The van der Waals surface area contributed by atoms with E-state index in [1.165, 1.54) is 0 Å². The summed E-state index contributed by atoms with van der Waals surface area (Å²) < 4.78 is 33.0. The molecule has 1 aromatic heterocycles. The third kappa shape index (κ3) is 3.44. The van der Waals surface area contributed by atoms with Crippen molar-refractivity contribution < 1.29 is 13.2 Å². The maximum Gasteiger partial charge on any atom is 0.243 e. The van der Waals surface area contributed by atoms with E-state index in [0.717, 1.165) is 29.2 Å². The van der Waals surface area contributed by atoms with E-state index in [4.69, 9.17) is 4.74 Å². The van der Waals surface area contributed by atoms with E-state index in [2.05, 4.69) is 15.1 Å². The van der Waals surface area contributed by atoms with E-state index in [1.54, 1.807) is 28.7 Å². The number of anilines is 2. The van der Waals surface area contributed by atoms with Crippen LogP contribution in [0.5, 0.6) is 5.75 Å². The zero-order valence-electron chi connectivity index (χ0n) is 15.5. The van der Waals surface area contributed by atoms with Crippen molar-refractivity contribution in [1.82, 2.24) is 14.5 Å². The van der Waals surface area contributed by atoms with Crippen LogP contribution in [-0.2, 0) is 16.4 Å². The standard InChI is InChI=1S/C18H23N5O3S/c1-21(2)15-12-18(20-19-13-15)22-6-8-23(9-7-22)27(24,25)16-3-4-17-14(11-16)5-10-26-17/h3-4,11-13H,5-10H2,1-2H3. The Bertz CT molecular complexity index is 940. The quantitative estimate of drug-likeness (QED) is 0.771. The minimum Gasteiger partial charge on any atom is -0.493 e. The van der Waals surface area contributed by atoms with Gasteiger partial charge in [-0.15, -0.1) is 5.10 Å². The van der Waals surface area contributed by atoms with Gasteiger partial charge in [-0.3, -0.25) is 0 Å². The Hall–Kier alpha value is -2.39. The zero-order valence-corrected chi connectivity index (χ0v) is 16.3.